The summed E-state index contributed by atoms with van der Waals surface area (Å²) in [7, 11) is -9.79. The van der Waals surface area contributed by atoms with Crippen molar-refractivity contribution >= 4 is 33.6 Å². The van der Waals surface area contributed by atoms with Crippen LogP contribution in [0.3, 0.4) is 0 Å². The molecular formula is C81H136O16P2. The molecule has 5 unspecified atom stereocenters. The summed E-state index contributed by atoms with van der Waals surface area (Å²) in [5, 5.41) is 20.6. The Hall–Kier alpha value is -4.57. The predicted molar refractivity (Wildman–Crippen MR) is 408 cm³/mol. The molecule has 0 aromatic heterocycles. The van der Waals surface area contributed by atoms with E-state index in [0.29, 0.717) is 19.3 Å². The van der Waals surface area contributed by atoms with Crippen molar-refractivity contribution in [2.45, 2.75) is 309 Å². The van der Waals surface area contributed by atoms with Gasteiger partial charge in [0, 0.05) is 19.3 Å². The molecule has 0 aromatic rings. The molecule has 0 fully saturated rings. The van der Waals surface area contributed by atoms with Gasteiger partial charge in [0.25, 0.3) is 0 Å². The van der Waals surface area contributed by atoms with E-state index in [9.17, 15) is 43.5 Å². The maximum atomic E-state index is 12.9. The van der Waals surface area contributed by atoms with Gasteiger partial charge in [-0.05, 0) is 122 Å². The summed E-state index contributed by atoms with van der Waals surface area (Å²) >= 11 is 0. The third kappa shape index (κ3) is 74.4. The van der Waals surface area contributed by atoms with E-state index in [0.717, 1.165) is 173 Å². The number of unbranched alkanes of at least 4 members (excludes halogenated alkanes) is 24. The minimum atomic E-state index is -4.93. The van der Waals surface area contributed by atoms with E-state index in [-0.39, 0.29) is 19.3 Å². The molecule has 0 aromatic carbocycles. The molecule has 0 saturated heterocycles. The molecule has 0 radical (unpaired) electrons. The third-order valence-corrected chi connectivity index (χ3v) is 17.5. The highest BCUT2D eigenvalue weighted by Gasteiger charge is 2.29. The fourth-order valence-corrected chi connectivity index (χ4v) is 11.4. The number of allylic oxidation sites excluding steroid dienone is 24. The van der Waals surface area contributed by atoms with Gasteiger partial charge in [-0.25, -0.2) is 9.13 Å². The molecule has 0 aliphatic rings. The van der Waals surface area contributed by atoms with E-state index in [1.165, 1.54) is 57.8 Å². The second kappa shape index (κ2) is 73.2. The first-order valence-electron chi connectivity index (χ1n) is 38.1. The quantitative estimate of drug-likeness (QED) is 0.0146. The number of aliphatic hydroxyl groups is 2. The van der Waals surface area contributed by atoms with Crippen molar-refractivity contribution in [3.05, 3.63) is 146 Å². The lowest BCUT2D eigenvalue weighted by molar-refractivity contribution is -0.161. The van der Waals surface area contributed by atoms with Gasteiger partial charge in [0.1, 0.15) is 25.4 Å². The molecule has 16 nitrogen and oxygen atoms in total. The molecule has 0 aliphatic carbocycles. The number of rotatable bonds is 71. The largest absolute Gasteiger partial charge is 0.472 e. The van der Waals surface area contributed by atoms with Gasteiger partial charge in [-0.3, -0.25) is 32.5 Å². The number of phosphoric ester groups is 2. The summed E-state index contributed by atoms with van der Waals surface area (Å²) in [4.78, 5) is 58.5. The number of hydrogen-bond donors (Lipinski definition) is 4. The first-order valence-corrected chi connectivity index (χ1v) is 41.1. The maximum absolute atomic E-state index is 12.9. The normalized spacial score (nSPS) is 14.9. The maximum Gasteiger partial charge on any atom is 0.472 e. The second-order valence-corrected chi connectivity index (χ2v) is 28.0. The van der Waals surface area contributed by atoms with Crippen LogP contribution in [0.4, 0.5) is 0 Å². The SMILES string of the molecule is CC/C=C\C/C=C\C/C=C\C/C=C\C/C=C\C/C=C\CCCCCCCCCCC(=O)OCC(O)COP(=O)(O)OCC(O)COP(=O)(O)OCC(COC(=O)CCCCCCCC/C=C\C/C=C\C/C=C\C/C=C\C/C=C\C/C=C\CC)OC(=O)CCCCCCCCCCCCC. The van der Waals surface area contributed by atoms with Crippen molar-refractivity contribution in [3.8, 4) is 0 Å². The van der Waals surface area contributed by atoms with Crippen molar-refractivity contribution in [2.75, 3.05) is 39.6 Å². The molecule has 99 heavy (non-hydrogen) atoms. The third-order valence-electron chi connectivity index (χ3n) is 15.6. The summed E-state index contributed by atoms with van der Waals surface area (Å²) in [6, 6.07) is 0. The van der Waals surface area contributed by atoms with Crippen LogP contribution in [-0.4, -0.2) is 95.9 Å². The molecule has 18 heteroatoms. The van der Waals surface area contributed by atoms with Gasteiger partial charge in [0.05, 0.1) is 26.4 Å². The first kappa shape index (κ1) is 94.4. The Morgan fingerprint density at radius 1 is 0.293 bits per heavy atom. The summed E-state index contributed by atoms with van der Waals surface area (Å²) in [6.45, 7) is 2.41. The lowest BCUT2D eigenvalue weighted by Gasteiger charge is -2.21. The zero-order valence-corrected chi connectivity index (χ0v) is 63.4. The Kier molecular flexibility index (Phi) is 69.8. The summed E-state index contributed by atoms with van der Waals surface area (Å²) in [5.74, 6) is -1.60. The summed E-state index contributed by atoms with van der Waals surface area (Å²) in [5.41, 5.74) is 0. The van der Waals surface area contributed by atoms with Crippen LogP contribution in [0.15, 0.2) is 146 Å². The van der Waals surface area contributed by atoms with E-state index in [1.54, 1.807) is 0 Å². The molecule has 0 aliphatic heterocycles. The fraction of sp³-hybridized carbons (Fsp3) is 0.667. The van der Waals surface area contributed by atoms with Crippen molar-refractivity contribution in [2.24, 2.45) is 0 Å². The van der Waals surface area contributed by atoms with E-state index in [2.05, 4.69) is 167 Å². The Bertz CT molecular complexity index is 2380. The highest BCUT2D eigenvalue weighted by molar-refractivity contribution is 7.47. The smallest absolute Gasteiger partial charge is 0.463 e. The van der Waals surface area contributed by atoms with E-state index in [1.807, 2.05) is 0 Å². The minimum Gasteiger partial charge on any atom is -0.463 e. The second-order valence-electron chi connectivity index (χ2n) is 25.0. The molecule has 0 rings (SSSR count). The molecular weight excluding hydrogens is 1290 g/mol. The van der Waals surface area contributed by atoms with Crippen LogP contribution in [0.25, 0.3) is 0 Å². The van der Waals surface area contributed by atoms with Crippen LogP contribution in [0, 0.1) is 0 Å². The van der Waals surface area contributed by atoms with Crippen LogP contribution < -0.4 is 0 Å². The number of carbonyl (C=O) groups excluding carboxylic acids is 3. The van der Waals surface area contributed by atoms with Gasteiger partial charge in [-0.1, -0.05) is 295 Å². The number of ether oxygens (including phenoxy) is 3. The Labute approximate surface area is 600 Å². The lowest BCUT2D eigenvalue weighted by atomic mass is 10.1. The van der Waals surface area contributed by atoms with Crippen LogP contribution in [0.1, 0.15) is 290 Å². The first-order chi connectivity index (χ1) is 48.2. The average Bonchev–Trinajstić information content (AvgIpc) is 1.26. The van der Waals surface area contributed by atoms with Crippen LogP contribution in [0.2, 0.25) is 0 Å². The van der Waals surface area contributed by atoms with Crippen LogP contribution in [-0.2, 0) is 55.8 Å². The molecule has 0 amide bonds. The summed E-state index contributed by atoms with van der Waals surface area (Å²) < 4.78 is 61.0. The van der Waals surface area contributed by atoms with Crippen LogP contribution in [0.5, 0.6) is 0 Å². The van der Waals surface area contributed by atoms with E-state index >= 15 is 0 Å². The highest BCUT2D eigenvalue weighted by Crippen LogP contribution is 2.45. The van der Waals surface area contributed by atoms with Crippen molar-refractivity contribution < 1.29 is 75.8 Å². The molecule has 4 N–H and O–H groups in total. The minimum absolute atomic E-state index is 0.0997. The topological polar surface area (TPSA) is 231 Å². The molecule has 0 spiro atoms. The van der Waals surface area contributed by atoms with Crippen molar-refractivity contribution in [1.82, 2.24) is 0 Å². The Morgan fingerprint density at radius 2 is 0.535 bits per heavy atom. The molecule has 0 bridgehead atoms. The molecule has 0 heterocycles. The number of carbonyl (C=O) groups is 3. The van der Waals surface area contributed by atoms with Crippen molar-refractivity contribution in [1.29, 1.82) is 0 Å². The van der Waals surface area contributed by atoms with Gasteiger partial charge in [-0.2, -0.15) is 0 Å². The summed E-state index contributed by atoms with van der Waals surface area (Å²) in [6.07, 6.45) is 89.0. The van der Waals surface area contributed by atoms with E-state index in [4.69, 9.17) is 32.3 Å². The zero-order valence-electron chi connectivity index (χ0n) is 61.6. The van der Waals surface area contributed by atoms with Gasteiger partial charge in [0.15, 0.2) is 6.10 Å². The standard InChI is InChI=1S/C81H136O16P2/c1-4-7-10-13-16-19-22-24-26-28-30-32-34-36-37-39-41-42-44-46-48-50-53-55-58-61-64-67-79(84)91-70-76(82)71-93-98(87,88)94-72-77(83)73-95-99(89,90)96-75-78(97-81(86)69-66-63-60-57-52-21-18-15-12-9-6-3)74-92-80(85)68-65-62-59-56-54-51-49-47-45-43-40-38-35-33-31-29-27-25-23-20-17-14-11-8-5-2/h7-8,10-11,16-17,19-20,24-27,30-33,36-38,40-42,45,47,76-78,82-83H,4-6,9,12-15,18,21-23,28-29,34-35,39,43-44,46,48-75H2,1-3H3,(H,87,88)(H,89,90)/b10-7-,11-8-,19-16-,20-17-,26-24-,27-25-,32-30-,33-31-,37-36-,40-38-,42-41-,47-45-. The zero-order chi connectivity index (χ0) is 72.3. The monoisotopic (exact) mass is 1430 g/mol. The average molecular weight is 1430 g/mol. The van der Waals surface area contributed by atoms with Gasteiger partial charge < -0.3 is 34.2 Å². The van der Waals surface area contributed by atoms with Crippen molar-refractivity contribution in [3.63, 3.8) is 0 Å². The highest BCUT2D eigenvalue weighted by atomic mass is 31.2. The number of hydrogen-bond acceptors (Lipinski definition) is 14. The van der Waals surface area contributed by atoms with Gasteiger partial charge in [0.2, 0.25) is 0 Å². The Morgan fingerprint density at radius 3 is 0.848 bits per heavy atom. The molecule has 5 atom stereocenters. The van der Waals surface area contributed by atoms with Gasteiger partial charge in [-0.15, -0.1) is 0 Å². The van der Waals surface area contributed by atoms with Crippen LogP contribution >= 0.6 is 15.6 Å². The predicted octanol–water partition coefficient (Wildman–Crippen LogP) is 22.1. The van der Waals surface area contributed by atoms with Gasteiger partial charge >= 0.3 is 33.6 Å². The lowest BCUT2D eigenvalue weighted by Crippen LogP contribution is -2.30. The number of esters is 3. The van der Waals surface area contributed by atoms with E-state index < -0.39 is 91.5 Å². The fourth-order valence-electron chi connectivity index (χ4n) is 9.81. The number of aliphatic hydroxyl groups excluding tert-OH is 2. The number of phosphoric acid groups is 2. The molecule has 0 saturated carbocycles. The Balaban J connectivity index is 4.53. The molecule has 566 valence electrons.